The molecule has 26 heavy (non-hydrogen) atoms. The average Bonchev–Trinajstić information content (AvgIpc) is 3.12. The minimum absolute atomic E-state index is 0.000678. The van der Waals surface area contributed by atoms with Gasteiger partial charge in [-0.15, -0.1) is 11.3 Å². The van der Waals surface area contributed by atoms with Crippen LogP contribution >= 0.6 is 11.3 Å². The van der Waals surface area contributed by atoms with Gasteiger partial charge in [0.05, 0.1) is 5.52 Å². The highest BCUT2D eigenvalue weighted by Gasteiger charge is 2.27. The van der Waals surface area contributed by atoms with Crippen molar-refractivity contribution in [2.75, 3.05) is 7.05 Å². The Labute approximate surface area is 153 Å². The summed E-state index contributed by atoms with van der Waals surface area (Å²) in [6, 6.07) is 1.66. The lowest BCUT2D eigenvalue weighted by atomic mass is 9.81. The summed E-state index contributed by atoms with van der Waals surface area (Å²) in [6.45, 7) is 0.0422. The fourth-order valence-corrected chi connectivity index (χ4v) is 4.52. The number of hydrogen-bond acceptors (Lipinski definition) is 5. The Kier molecular flexibility index (Phi) is 5.26. The van der Waals surface area contributed by atoms with Gasteiger partial charge in [-0.2, -0.15) is 0 Å². The molecule has 3 rings (SSSR count). The van der Waals surface area contributed by atoms with Crippen molar-refractivity contribution in [3.8, 4) is 0 Å². The Morgan fingerprint density at radius 1 is 1.23 bits per heavy atom. The SMILES string of the molecule is CNC(=O)C1CCC(Cn2c(=O)c3sccc3n(CC(N)=O)c2=O)CC1. The number of primary amides is 1. The summed E-state index contributed by atoms with van der Waals surface area (Å²) >= 11 is 1.25. The van der Waals surface area contributed by atoms with Crippen LogP contribution in [0.15, 0.2) is 21.0 Å². The molecule has 0 bridgehead atoms. The first-order valence-corrected chi connectivity index (χ1v) is 9.51. The minimum Gasteiger partial charge on any atom is -0.368 e. The minimum atomic E-state index is -0.629. The lowest BCUT2D eigenvalue weighted by molar-refractivity contribution is -0.125. The summed E-state index contributed by atoms with van der Waals surface area (Å²) in [5, 5.41) is 4.39. The molecule has 2 amide bonds. The van der Waals surface area contributed by atoms with Crippen LogP contribution in [0.4, 0.5) is 0 Å². The van der Waals surface area contributed by atoms with Crippen LogP contribution in [0, 0.1) is 11.8 Å². The first kappa shape index (κ1) is 18.4. The van der Waals surface area contributed by atoms with Gasteiger partial charge in [0.25, 0.3) is 5.56 Å². The Morgan fingerprint density at radius 3 is 2.54 bits per heavy atom. The van der Waals surface area contributed by atoms with E-state index in [0.29, 0.717) is 16.8 Å². The van der Waals surface area contributed by atoms with Gasteiger partial charge in [-0.1, -0.05) is 0 Å². The number of fused-ring (bicyclic) bond motifs is 1. The molecule has 0 spiro atoms. The first-order valence-electron chi connectivity index (χ1n) is 8.63. The molecule has 0 atom stereocenters. The monoisotopic (exact) mass is 378 g/mol. The molecule has 2 aromatic heterocycles. The Balaban J connectivity index is 1.89. The molecule has 0 unspecified atom stereocenters. The third-order valence-electron chi connectivity index (χ3n) is 5.06. The van der Waals surface area contributed by atoms with Crippen LogP contribution in [-0.4, -0.2) is 28.0 Å². The number of amides is 2. The largest absolute Gasteiger partial charge is 0.368 e. The zero-order valence-electron chi connectivity index (χ0n) is 14.6. The number of carbonyl (C=O) groups is 2. The topological polar surface area (TPSA) is 116 Å². The van der Waals surface area contributed by atoms with E-state index < -0.39 is 11.6 Å². The van der Waals surface area contributed by atoms with Crippen molar-refractivity contribution in [2.24, 2.45) is 17.6 Å². The van der Waals surface area contributed by atoms with Gasteiger partial charge in [0, 0.05) is 19.5 Å². The van der Waals surface area contributed by atoms with Gasteiger partial charge >= 0.3 is 5.69 Å². The molecule has 0 aromatic carbocycles. The second-order valence-electron chi connectivity index (χ2n) is 6.72. The van der Waals surface area contributed by atoms with Crippen LogP contribution in [0.5, 0.6) is 0 Å². The van der Waals surface area contributed by atoms with Crippen LogP contribution in [0.3, 0.4) is 0 Å². The summed E-state index contributed by atoms with van der Waals surface area (Å²) in [6.07, 6.45) is 3.05. The zero-order chi connectivity index (χ0) is 18.8. The van der Waals surface area contributed by atoms with Gasteiger partial charge in [-0.05, 0) is 43.0 Å². The molecule has 1 aliphatic carbocycles. The number of aromatic nitrogens is 2. The van der Waals surface area contributed by atoms with Gasteiger partial charge in [0.15, 0.2) is 0 Å². The summed E-state index contributed by atoms with van der Waals surface area (Å²) < 4.78 is 2.93. The number of rotatable bonds is 5. The third-order valence-corrected chi connectivity index (χ3v) is 5.95. The molecule has 0 saturated heterocycles. The van der Waals surface area contributed by atoms with Crippen molar-refractivity contribution in [1.29, 1.82) is 0 Å². The van der Waals surface area contributed by atoms with Crippen molar-refractivity contribution >= 4 is 33.4 Å². The number of nitrogens with two attached hydrogens (primary N) is 1. The molecule has 0 aliphatic heterocycles. The number of hydrogen-bond donors (Lipinski definition) is 2. The fraction of sp³-hybridized carbons (Fsp3) is 0.529. The average molecular weight is 378 g/mol. The highest BCUT2D eigenvalue weighted by Crippen LogP contribution is 2.29. The van der Waals surface area contributed by atoms with E-state index in [1.165, 1.54) is 20.5 Å². The molecule has 3 N–H and O–H groups in total. The van der Waals surface area contributed by atoms with E-state index in [4.69, 9.17) is 5.73 Å². The molecule has 0 radical (unpaired) electrons. The number of thiophene rings is 1. The molecule has 140 valence electrons. The van der Waals surface area contributed by atoms with Gasteiger partial charge in [-0.25, -0.2) is 4.79 Å². The number of nitrogens with one attached hydrogen (secondary N) is 1. The highest BCUT2D eigenvalue weighted by atomic mass is 32.1. The Morgan fingerprint density at radius 2 is 1.92 bits per heavy atom. The van der Waals surface area contributed by atoms with Crippen molar-refractivity contribution < 1.29 is 9.59 Å². The molecule has 8 nitrogen and oxygen atoms in total. The van der Waals surface area contributed by atoms with E-state index >= 15 is 0 Å². The van der Waals surface area contributed by atoms with Crippen LogP contribution < -0.4 is 22.3 Å². The molecule has 1 saturated carbocycles. The second-order valence-corrected chi connectivity index (χ2v) is 7.63. The lowest BCUT2D eigenvalue weighted by Gasteiger charge is -2.27. The normalized spacial score (nSPS) is 20.2. The van der Waals surface area contributed by atoms with Gasteiger partial charge in [0.1, 0.15) is 11.2 Å². The predicted octanol–water partition coefficient (Wildman–Crippen LogP) is 0.262. The Bertz CT molecular complexity index is 950. The maximum absolute atomic E-state index is 12.8. The molecule has 1 aliphatic rings. The van der Waals surface area contributed by atoms with E-state index in [1.807, 2.05) is 0 Å². The van der Waals surface area contributed by atoms with E-state index in [9.17, 15) is 19.2 Å². The summed E-state index contributed by atoms with van der Waals surface area (Å²) in [5.41, 5.74) is 4.88. The maximum atomic E-state index is 12.8. The second kappa shape index (κ2) is 7.45. The molecular weight excluding hydrogens is 356 g/mol. The van der Waals surface area contributed by atoms with Crippen molar-refractivity contribution in [2.45, 2.75) is 38.8 Å². The fourth-order valence-electron chi connectivity index (χ4n) is 3.67. The van der Waals surface area contributed by atoms with E-state index in [1.54, 1.807) is 18.5 Å². The molecular formula is C17H22N4O4S. The summed E-state index contributed by atoms with van der Waals surface area (Å²) in [4.78, 5) is 48.6. The van der Waals surface area contributed by atoms with Crippen LogP contribution in [0.25, 0.3) is 10.2 Å². The highest BCUT2D eigenvalue weighted by molar-refractivity contribution is 7.17. The predicted molar refractivity (Wildman–Crippen MR) is 99.1 cm³/mol. The van der Waals surface area contributed by atoms with Crippen LogP contribution in [0.1, 0.15) is 25.7 Å². The van der Waals surface area contributed by atoms with E-state index in [0.717, 1.165) is 25.7 Å². The van der Waals surface area contributed by atoms with Gasteiger partial charge in [-0.3, -0.25) is 23.5 Å². The maximum Gasteiger partial charge on any atom is 0.332 e. The number of nitrogens with zero attached hydrogens (tertiary/aromatic N) is 2. The van der Waals surface area contributed by atoms with Gasteiger partial charge < -0.3 is 11.1 Å². The van der Waals surface area contributed by atoms with Crippen LogP contribution in [-0.2, 0) is 22.7 Å². The zero-order valence-corrected chi connectivity index (χ0v) is 15.4. The first-order chi connectivity index (χ1) is 12.4. The lowest BCUT2D eigenvalue weighted by Crippen LogP contribution is -2.43. The standard InChI is InChI=1S/C17H22N4O4S/c1-19-15(23)11-4-2-10(3-5-11)8-21-16(24)14-12(6-7-26-14)20(17(21)25)9-13(18)22/h6-7,10-11H,2-5,8-9H2,1H3,(H2,18,22)(H,19,23). The Hall–Kier alpha value is -2.42. The quantitative estimate of drug-likeness (QED) is 0.776. The molecule has 1 fully saturated rings. The van der Waals surface area contributed by atoms with Crippen molar-refractivity contribution in [3.05, 3.63) is 32.3 Å². The van der Waals surface area contributed by atoms with E-state index in [-0.39, 0.29) is 29.8 Å². The van der Waals surface area contributed by atoms with E-state index in [2.05, 4.69) is 5.32 Å². The van der Waals surface area contributed by atoms with Gasteiger partial charge in [0.2, 0.25) is 11.8 Å². The molecule has 2 aromatic rings. The number of carbonyl (C=O) groups excluding carboxylic acids is 2. The van der Waals surface area contributed by atoms with Crippen LogP contribution in [0.2, 0.25) is 0 Å². The van der Waals surface area contributed by atoms with Crippen molar-refractivity contribution in [3.63, 3.8) is 0 Å². The smallest absolute Gasteiger partial charge is 0.332 e. The third kappa shape index (κ3) is 3.44. The molecule has 2 heterocycles. The summed E-state index contributed by atoms with van der Waals surface area (Å²) in [5.74, 6) is -0.430. The molecule has 9 heteroatoms. The van der Waals surface area contributed by atoms with Crippen molar-refractivity contribution in [1.82, 2.24) is 14.5 Å². The summed E-state index contributed by atoms with van der Waals surface area (Å²) in [7, 11) is 1.63.